The first-order chi connectivity index (χ1) is 12.5. The van der Waals surface area contributed by atoms with Gasteiger partial charge < -0.3 is 15.5 Å². The fraction of sp³-hybridized carbons (Fsp3) is 0.158. The second kappa shape index (κ2) is 9.62. The number of nitrogens with one attached hydrogen (secondary N) is 3. The molecule has 2 aromatic carbocycles. The lowest BCUT2D eigenvalue weighted by molar-refractivity contribution is -0.128. The molecular formula is C19H20BrN3O3. The average molecular weight is 418 g/mol. The van der Waals surface area contributed by atoms with E-state index in [1.807, 2.05) is 36.4 Å². The van der Waals surface area contributed by atoms with Crippen molar-refractivity contribution in [3.05, 3.63) is 70.8 Å². The number of rotatable bonds is 7. The van der Waals surface area contributed by atoms with Crippen LogP contribution >= 0.6 is 15.9 Å². The Morgan fingerprint density at radius 2 is 1.69 bits per heavy atom. The normalized spacial score (nSPS) is 12.0. The number of allylic oxidation sites excluding steroid dienone is 1. The smallest absolute Gasteiger partial charge is 0.279 e. The monoisotopic (exact) mass is 417 g/mol. The molecule has 2 amide bonds. The number of halogens is 1. The molecule has 7 heteroatoms. The van der Waals surface area contributed by atoms with Gasteiger partial charge in [-0.3, -0.25) is 15.0 Å². The molecule has 136 valence electrons. The zero-order valence-corrected chi connectivity index (χ0v) is 16.0. The highest BCUT2D eigenvalue weighted by Gasteiger charge is 2.15. The van der Waals surface area contributed by atoms with Gasteiger partial charge in [-0.2, -0.15) is 0 Å². The van der Waals surface area contributed by atoms with Crippen molar-refractivity contribution >= 4 is 33.4 Å². The summed E-state index contributed by atoms with van der Waals surface area (Å²) in [6.45, 7) is 3.31. The molecule has 6 nitrogen and oxygen atoms in total. The molecule has 0 aromatic heterocycles. The molecule has 2 rings (SSSR count). The zero-order chi connectivity index (χ0) is 18.9. The third-order valence-electron chi connectivity index (χ3n) is 3.28. The molecule has 0 saturated carbocycles. The topological polar surface area (TPSA) is 79.5 Å². The summed E-state index contributed by atoms with van der Waals surface area (Å²) in [7, 11) is 0. The molecule has 0 radical (unpaired) electrons. The van der Waals surface area contributed by atoms with E-state index in [-0.39, 0.29) is 11.8 Å². The van der Waals surface area contributed by atoms with Crippen LogP contribution in [0.3, 0.4) is 0 Å². The lowest BCUT2D eigenvalue weighted by Crippen LogP contribution is -2.43. The van der Waals surface area contributed by atoms with Gasteiger partial charge in [-0.1, -0.05) is 30.3 Å². The van der Waals surface area contributed by atoms with Gasteiger partial charge in [-0.15, -0.1) is 0 Å². The van der Waals surface area contributed by atoms with Crippen molar-refractivity contribution in [3.63, 3.8) is 0 Å². The standard InChI is InChI=1S/C19H20BrN3O3/c1-13(12-18(24)21-15-8-4-3-5-9-15)22-23-19(25)14(2)26-17-11-7-6-10-16(17)20/h3-12,14,22H,1-2H3,(H,21,24)(H,23,25). The quantitative estimate of drug-likeness (QED) is 0.476. The van der Waals surface area contributed by atoms with E-state index in [1.165, 1.54) is 6.08 Å². The van der Waals surface area contributed by atoms with E-state index in [9.17, 15) is 9.59 Å². The predicted molar refractivity (Wildman–Crippen MR) is 104 cm³/mol. The third-order valence-corrected chi connectivity index (χ3v) is 3.94. The second-order valence-electron chi connectivity index (χ2n) is 5.49. The predicted octanol–water partition coefficient (Wildman–Crippen LogP) is 3.38. The molecule has 2 aromatic rings. The molecule has 0 aliphatic carbocycles. The van der Waals surface area contributed by atoms with Crippen molar-refractivity contribution in [3.8, 4) is 5.75 Å². The lowest BCUT2D eigenvalue weighted by atomic mass is 10.3. The van der Waals surface area contributed by atoms with Gasteiger partial charge in [0, 0.05) is 17.5 Å². The van der Waals surface area contributed by atoms with E-state index in [0.717, 1.165) is 4.47 Å². The van der Waals surface area contributed by atoms with Crippen LogP contribution in [0.1, 0.15) is 13.8 Å². The summed E-state index contributed by atoms with van der Waals surface area (Å²) in [6, 6.07) is 16.4. The van der Waals surface area contributed by atoms with Gasteiger partial charge >= 0.3 is 0 Å². The van der Waals surface area contributed by atoms with Crippen LogP contribution in [0.15, 0.2) is 70.8 Å². The highest BCUT2D eigenvalue weighted by molar-refractivity contribution is 9.10. The van der Waals surface area contributed by atoms with E-state index in [0.29, 0.717) is 17.1 Å². The first-order valence-electron chi connectivity index (χ1n) is 7.97. The van der Waals surface area contributed by atoms with E-state index < -0.39 is 6.10 Å². The number of hydrogen-bond donors (Lipinski definition) is 3. The Kier molecular flexibility index (Phi) is 7.23. The fourth-order valence-corrected chi connectivity index (χ4v) is 2.36. The van der Waals surface area contributed by atoms with Crippen LogP contribution in [-0.2, 0) is 9.59 Å². The van der Waals surface area contributed by atoms with Gasteiger partial charge in [0.15, 0.2) is 6.10 Å². The van der Waals surface area contributed by atoms with Crippen LogP contribution in [0.4, 0.5) is 5.69 Å². The minimum atomic E-state index is -0.716. The number of carbonyl (C=O) groups excluding carboxylic acids is 2. The Balaban J connectivity index is 1.82. The molecule has 26 heavy (non-hydrogen) atoms. The van der Waals surface area contributed by atoms with Crippen LogP contribution < -0.4 is 20.9 Å². The Morgan fingerprint density at radius 1 is 1.04 bits per heavy atom. The van der Waals surface area contributed by atoms with Crippen molar-refractivity contribution in [2.45, 2.75) is 20.0 Å². The molecule has 0 saturated heterocycles. The minimum absolute atomic E-state index is 0.298. The van der Waals surface area contributed by atoms with Crippen molar-refractivity contribution in [1.82, 2.24) is 10.9 Å². The van der Waals surface area contributed by atoms with Crippen molar-refractivity contribution in [2.24, 2.45) is 0 Å². The van der Waals surface area contributed by atoms with Crippen molar-refractivity contribution < 1.29 is 14.3 Å². The molecule has 0 aliphatic rings. The maximum absolute atomic E-state index is 12.1. The van der Waals surface area contributed by atoms with E-state index >= 15 is 0 Å². The summed E-state index contributed by atoms with van der Waals surface area (Å²) in [6.07, 6.45) is 0.638. The maximum Gasteiger partial charge on any atom is 0.279 e. The number of carbonyl (C=O) groups is 2. The first kappa shape index (κ1) is 19.5. The van der Waals surface area contributed by atoms with Crippen LogP contribution in [0.2, 0.25) is 0 Å². The minimum Gasteiger partial charge on any atom is -0.480 e. The molecular weight excluding hydrogens is 398 g/mol. The Morgan fingerprint density at radius 3 is 2.38 bits per heavy atom. The van der Waals surface area contributed by atoms with Crippen LogP contribution in [0.5, 0.6) is 5.75 Å². The lowest BCUT2D eigenvalue weighted by Gasteiger charge is -2.16. The maximum atomic E-state index is 12.1. The van der Waals surface area contributed by atoms with Crippen LogP contribution in [0, 0.1) is 0 Å². The summed E-state index contributed by atoms with van der Waals surface area (Å²) in [5, 5.41) is 2.72. The summed E-state index contributed by atoms with van der Waals surface area (Å²) < 4.78 is 6.37. The largest absolute Gasteiger partial charge is 0.480 e. The van der Waals surface area contributed by atoms with Gasteiger partial charge in [0.05, 0.1) is 4.47 Å². The Bertz CT molecular complexity index is 794. The summed E-state index contributed by atoms with van der Waals surface area (Å²) in [4.78, 5) is 24.0. The summed E-state index contributed by atoms with van der Waals surface area (Å²) in [5.74, 6) is -0.0883. The highest BCUT2D eigenvalue weighted by atomic mass is 79.9. The molecule has 0 spiro atoms. The van der Waals surface area contributed by atoms with Gasteiger partial charge in [-0.05, 0) is 54.0 Å². The number of benzene rings is 2. The van der Waals surface area contributed by atoms with Crippen LogP contribution in [0.25, 0.3) is 0 Å². The molecule has 0 fully saturated rings. The van der Waals surface area contributed by atoms with Gasteiger partial charge in [0.2, 0.25) is 5.91 Å². The molecule has 1 atom stereocenters. The number of hydrogen-bond acceptors (Lipinski definition) is 4. The third kappa shape index (κ3) is 6.25. The SMILES string of the molecule is CC(=CC(=O)Nc1ccccc1)NNC(=O)C(C)Oc1ccccc1Br. The zero-order valence-electron chi connectivity index (χ0n) is 14.5. The van der Waals surface area contributed by atoms with Gasteiger partial charge in [-0.25, -0.2) is 0 Å². The number of ether oxygens (including phenoxy) is 1. The Hall–Kier alpha value is -2.80. The van der Waals surface area contributed by atoms with E-state index in [4.69, 9.17) is 4.74 Å². The first-order valence-corrected chi connectivity index (χ1v) is 8.76. The van der Waals surface area contributed by atoms with Gasteiger partial charge in [0.25, 0.3) is 5.91 Å². The van der Waals surface area contributed by atoms with Crippen LogP contribution in [-0.4, -0.2) is 17.9 Å². The van der Waals surface area contributed by atoms with E-state index in [2.05, 4.69) is 32.1 Å². The molecule has 0 aliphatic heterocycles. The van der Waals surface area contributed by atoms with Crippen molar-refractivity contribution in [1.29, 1.82) is 0 Å². The number of para-hydroxylation sites is 2. The fourth-order valence-electron chi connectivity index (χ4n) is 1.98. The number of hydrazine groups is 1. The van der Waals surface area contributed by atoms with E-state index in [1.54, 1.807) is 32.0 Å². The highest BCUT2D eigenvalue weighted by Crippen LogP contribution is 2.24. The summed E-state index contributed by atoms with van der Waals surface area (Å²) >= 11 is 3.36. The molecule has 0 bridgehead atoms. The number of anilines is 1. The summed E-state index contributed by atoms with van der Waals surface area (Å²) in [5.41, 5.74) is 6.38. The Labute approximate surface area is 160 Å². The van der Waals surface area contributed by atoms with Crippen molar-refractivity contribution in [2.75, 3.05) is 5.32 Å². The second-order valence-corrected chi connectivity index (χ2v) is 6.34. The average Bonchev–Trinajstić information content (AvgIpc) is 2.62. The molecule has 1 unspecified atom stereocenters. The number of amides is 2. The molecule has 0 heterocycles. The molecule has 3 N–H and O–H groups in total. The van der Waals surface area contributed by atoms with Gasteiger partial charge in [0.1, 0.15) is 5.75 Å².